The molecule has 9 heteroatoms. The molecule has 0 spiro atoms. The molecule has 1 aromatic carbocycles. The summed E-state index contributed by atoms with van der Waals surface area (Å²) in [5.41, 5.74) is -0.845. The molecule has 2 heterocycles. The Morgan fingerprint density at radius 2 is 1.87 bits per heavy atom. The second-order valence-electron chi connectivity index (χ2n) is 4.53. The van der Waals surface area contributed by atoms with E-state index in [2.05, 4.69) is 20.4 Å². The van der Waals surface area contributed by atoms with Crippen molar-refractivity contribution in [3.05, 3.63) is 57.7 Å². The molecule has 0 unspecified atom stereocenters. The number of halogens is 3. The number of aromatic nitrogens is 2. The first kappa shape index (κ1) is 15.2. The van der Waals surface area contributed by atoms with Crippen molar-refractivity contribution in [3.8, 4) is 10.6 Å². The van der Waals surface area contributed by atoms with Gasteiger partial charge in [0.2, 0.25) is 0 Å². The predicted octanol–water partition coefficient (Wildman–Crippen LogP) is 4.87. The molecule has 0 radical (unpaired) electrons. The van der Waals surface area contributed by atoms with Crippen LogP contribution in [0.3, 0.4) is 0 Å². The number of rotatable bonds is 3. The molecule has 0 aliphatic carbocycles. The van der Waals surface area contributed by atoms with Gasteiger partial charge in [0.1, 0.15) is 5.69 Å². The Labute approximate surface area is 131 Å². The smallest absolute Gasteiger partial charge is 0.294 e. The van der Waals surface area contributed by atoms with Crippen LogP contribution in [0.1, 0.15) is 5.56 Å². The zero-order valence-corrected chi connectivity index (χ0v) is 12.2. The van der Waals surface area contributed by atoms with E-state index in [4.69, 9.17) is 0 Å². The number of benzene rings is 1. The van der Waals surface area contributed by atoms with E-state index in [0.29, 0.717) is 5.69 Å². The molecule has 0 atom stereocenters. The van der Waals surface area contributed by atoms with Gasteiger partial charge in [-0.15, -0.1) is 16.5 Å². The van der Waals surface area contributed by atoms with Crippen molar-refractivity contribution >= 4 is 22.7 Å². The largest absolute Gasteiger partial charge is 0.416 e. The van der Waals surface area contributed by atoms with Crippen LogP contribution in [0.5, 0.6) is 0 Å². The first-order valence-electron chi connectivity index (χ1n) is 6.38. The van der Waals surface area contributed by atoms with Crippen molar-refractivity contribution in [1.29, 1.82) is 0 Å². The van der Waals surface area contributed by atoms with E-state index in [1.54, 1.807) is 12.1 Å². The normalized spacial score (nSPS) is 12.1. The van der Waals surface area contributed by atoms with Crippen LogP contribution in [-0.2, 0) is 6.18 Å². The Morgan fingerprint density at radius 3 is 2.57 bits per heavy atom. The molecule has 0 fully saturated rings. The molecule has 0 bridgehead atoms. The zero-order valence-electron chi connectivity index (χ0n) is 11.4. The summed E-state index contributed by atoms with van der Waals surface area (Å²) in [4.78, 5) is 12.5. The Bertz CT molecular complexity index is 893. The van der Waals surface area contributed by atoms with E-state index in [9.17, 15) is 18.0 Å². The van der Waals surface area contributed by atoms with E-state index in [1.165, 1.54) is 23.5 Å². The number of thiophene rings is 1. The molecule has 23 heavy (non-hydrogen) atoms. The topological polar surface area (TPSA) is 73.4 Å². The monoisotopic (exact) mass is 338 g/mol. The molecule has 0 saturated heterocycles. The minimum Gasteiger partial charge on any atom is -0.294 e. The maximum absolute atomic E-state index is 12.7. The van der Waals surface area contributed by atoms with Gasteiger partial charge in [-0.2, -0.15) is 18.3 Å². The number of hydrogen-bond donors (Lipinski definition) is 2. The summed E-state index contributed by atoms with van der Waals surface area (Å²) in [6.45, 7) is 0. The van der Waals surface area contributed by atoms with E-state index in [1.807, 2.05) is 5.38 Å². The summed E-state index contributed by atoms with van der Waals surface area (Å²) < 4.78 is 38.0. The average molecular weight is 338 g/mol. The molecule has 0 amide bonds. The number of aromatic amines is 2. The summed E-state index contributed by atoms with van der Waals surface area (Å²) in [5, 5.41) is 14.5. The van der Waals surface area contributed by atoms with Gasteiger partial charge in [-0.1, -0.05) is 12.1 Å². The third-order valence-electron chi connectivity index (χ3n) is 2.96. The van der Waals surface area contributed by atoms with Crippen molar-refractivity contribution in [1.82, 2.24) is 10.2 Å². The predicted molar refractivity (Wildman–Crippen MR) is 80.3 cm³/mol. The SMILES string of the molecule is O=c1[nH][nH]c(-c2cccs2)c1N=Nc1cccc(C(F)(F)F)c1. The van der Waals surface area contributed by atoms with E-state index in [-0.39, 0.29) is 11.4 Å². The van der Waals surface area contributed by atoms with Crippen LogP contribution in [0.2, 0.25) is 0 Å². The van der Waals surface area contributed by atoms with Gasteiger partial charge in [-0.25, -0.2) is 0 Å². The zero-order chi connectivity index (χ0) is 16.4. The van der Waals surface area contributed by atoms with Crippen LogP contribution in [0, 0.1) is 0 Å². The van der Waals surface area contributed by atoms with Crippen molar-refractivity contribution in [2.75, 3.05) is 0 Å². The highest BCUT2D eigenvalue weighted by atomic mass is 32.1. The second kappa shape index (κ2) is 5.84. The maximum Gasteiger partial charge on any atom is 0.416 e. The van der Waals surface area contributed by atoms with Crippen molar-refractivity contribution < 1.29 is 13.2 Å². The van der Waals surface area contributed by atoms with Gasteiger partial charge in [0.15, 0.2) is 5.69 Å². The molecular weight excluding hydrogens is 329 g/mol. The molecule has 118 valence electrons. The Morgan fingerprint density at radius 1 is 1.04 bits per heavy atom. The molecule has 2 N–H and O–H groups in total. The average Bonchev–Trinajstić information content (AvgIpc) is 3.14. The van der Waals surface area contributed by atoms with Crippen LogP contribution in [0.4, 0.5) is 24.5 Å². The highest BCUT2D eigenvalue weighted by molar-refractivity contribution is 7.13. The quantitative estimate of drug-likeness (QED) is 0.657. The molecule has 3 aromatic rings. The van der Waals surface area contributed by atoms with Gasteiger partial charge in [-0.05, 0) is 29.6 Å². The van der Waals surface area contributed by atoms with Gasteiger partial charge in [-0.3, -0.25) is 15.0 Å². The van der Waals surface area contributed by atoms with Crippen molar-refractivity contribution in [2.45, 2.75) is 6.18 Å². The number of azo groups is 1. The molecule has 0 aliphatic heterocycles. The molecule has 0 saturated carbocycles. The van der Waals surface area contributed by atoms with Crippen molar-refractivity contribution in [2.24, 2.45) is 10.2 Å². The van der Waals surface area contributed by atoms with Crippen LogP contribution in [0.15, 0.2) is 56.8 Å². The molecule has 5 nitrogen and oxygen atoms in total. The van der Waals surface area contributed by atoms with Gasteiger partial charge in [0, 0.05) is 0 Å². The molecular formula is C14H9F3N4OS. The number of alkyl halides is 3. The lowest BCUT2D eigenvalue weighted by Gasteiger charge is -2.05. The Balaban J connectivity index is 1.96. The minimum absolute atomic E-state index is 0.0116. The van der Waals surface area contributed by atoms with Gasteiger partial charge in [0.05, 0.1) is 16.1 Å². The number of hydrogen-bond acceptors (Lipinski definition) is 4. The summed E-state index contributed by atoms with van der Waals surface area (Å²) in [6, 6.07) is 8.02. The molecule has 2 aromatic heterocycles. The first-order chi connectivity index (χ1) is 10.9. The van der Waals surface area contributed by atoms with Gasteiger partial charge >= 0.3 is 6.18 Å². The van der Waals surface area contributed by atoms with Crippen LogP contribution < -0.4 is 5.56 Å². The van der Waals surface area contributed by atoms with Crippen LogP contribution in [-0.4, -0.2) is 10.2 Å². The Hall–Kier alpha value is -2.68. The van der Waals surface area contributed by atoms with Crippen molar-refractivity contribution in [3.63, 3.8) is 0 Å². The van der Waals surface area contributed by atoms with Gasteiger partial charge < -0.3 is 0 Å². The Kier molecular flexibility index (Phi) is 3.87. The van der Waals surface area contributed by atoms with E-state index in [0.717, 1.165) is 17.0 Å². The second-order valence-corrected chi connectivity index (χ2v) is 5.48. The minimum atomic E-state index is -4.46. The summed E-state index contributed by atoms with van der Waals surface area (Å²) in [6.07, 6.45) is -4.46. The number of nitrogens with zero attached hydrogens (tertiary/aromatic N) is 2. The fraction of sp³-hybridized carbons (Fsp3) is 0.0714. The number of nitrogens with one attached hydrogen (secondary N) is 2. The lowest BCUT2D eigenvalue weighted by molar-refractivity contribution is -0.137. The number of H-pyrrole nitrogens is 2. The first-order valence-corrected chi connectivity index (χ1v) is 7.26. The van der Waals surface area contributed by atoms with E-state index < -0.39 is 17.3 Å². The maximum atomic E-state index is 12.7. The standard InChI is InChI=1S/C14H9F3N4OS/c15-14(16,17)8-3-1-4-9(7-8)18-20-12-11(19-21-13(12)22)10-5-2-6-23-10/h1-7H,(H2,19,21,22). The highest BCUT2D eigenvalue weighted by Crippen LogP contribution is 2.33. The highest BCUT2D eigenvalue weighted by Gasteiger charge is 2.30. The molecule has 3 rings (SSSR count). The van der Waals surface area contributed by atoms with E-state index >= 15 is 0 Å². The lowest BCUT2D eigenvalue weighted by atomic mass is 10.2. The summed E-state index contributed by atoms with van der Waals surface area (Å²) in [5.74, 6) is 0. The van der Waals surface area contributed by atoms with Crippen LogP contribution in [0.25, 0.3) is 10.6 Å². The third-order valence-corrected chi connectivity index (χ3v) is 3.85. The van der Waals surface area contributed by atoms with Gasteiger partial charge in [0.25, 0.3) is 5.56 Å². The molecule has 0 aliphatic rings. The third kappa shape index (κ3) is 3.24. The lowest BCUT2D eigenvalue weighted by Crippen LogP contribution is -2.03. The summed E-state index contributed by atoms with van der Waals surface area (Å²) in [7, 11) is 0. The fourth-order valence-electron chi connectivity index (χ4n) is 1.90. The van der Waals surface area contributed by atoms with Crippen LogP contribution >= 0.6 is 11.3 Å². The fourth-order valence-corrected chi connectivity index (χ4v) is 2.62. The summed E-state index contributed by atoms with van der Waals surface area (Å²) >= 11 is 1.39.